The lowest BCUT2D eigenvalue weighted by molar-refractivity contribution is 0.628. The van der Waals surface area contributed by atoms with E-state index in [9.17, 15) is 4.39 Å². The Kier molecular flexibility index (Phi) is 8.37. The number of hydrogen-bond acceptors (Lipinski definition) is 2. The van der Waals surface area contributed by atoms with Crippen LogP contribution in [0.25, 0.3) is 11.1 Å². The molecule has 1 heterocycles. The van der Waals surface area contributed by atoms with Crippen LogP contribution in [0.4, 0.5) is 4.39 Å². The van der Waals surface area contributed by atoms with Crippen molar-refractivity contribution in [1.29, 1.82) is 0 Å². The molecule has 0 aliphatic heterocycles. The molecular formula is C17H25FN2. The summed E-state index contributed by atoms with van der Waals surface area (Å²) >= 11 is 0. The zero-order valence-electron chi connectivity index (χ0n) is 13.6. The SMILES string of the molecule is CC.CC.Cc1cc(-c2cc(F)ccc2C)c(C)nn1. The van der Waals surface area contributed by atoms with Crippen LogP contribution < -0.4 is 0 Å². The molecule has 0 fully saturated rings. The predicted molar refractivity (Wildman–Crippen MR) is 84.3 cm³/mol. The molecule has 0 radical (unpaired) electrons. The van der Waals surface area contributed by atoms with E-state index in [1.807, 2.05) is 54.5 Å². The monoisotopic (exact) mass is 276 g/mol. The summed E-state index contributed by atoms with van der Waals surface area (Å²) in [5.74, 6) is -0.227. The molecule has 2 aromatic rings. The quantitative estimate of drug-likeness (QED) is 0.710. The van der Waals surface area contributed by atoms with Crippen LogP contribution in [0.5, 0.6) is 0 Å². The molecule has 1 aromatic carbocycles. The van der Waals surface area contributed by atoms with Crippen LogP contribution in [-0.4, -0.2) is 10.2 Å². The standard InChI is InChI=1S/C13H13FN2.2C2H6/c1-8-4-5-11(14)7-12(8)13-6-9(2)15-16-10(13)3;2*1-2/h4-7H,1-3H3;2*1-2H3. The Hall–Kier alpha value is -1.77. The summed E-state index contributed by atoms with van der Waals surface area (Å²) in [5, 5.41) is 8.03. The van der Waals surface area contributed by atoms with Gasteiger partial charge < -0.3 is 0 Å². The van der Waals surface area contributed by atoms with Crippen molar-refractivity contribution < 1.29 is 4.39 Å². The summed E-state index contributed by atoms with van der Waals surface area (Å²) in [5.41, 5.74) is 4.53. The van der Waals surface area contributed by atoms with E-state index in [0.29, 0.717) is 0 Å². The minimum atomic E-state index is -0.227. The molecule has 1 aromatic heterocycles. The van der Waals surface area contributed by atoms with Gasteiger partial charge in [0.2, 0.25) is 0 Å². The van der Waals surface area contributed by atoms with Gasteiger partial charge in [0, 0.05) is 5.56 Å². The smallest absolute Gasteiger partial charge is 0.123 e. The summed E-state index contributed by atoms with van der Waals surface area (Å²) in [6.45, 7) is 13.7. The van der Waals surface area contributed by atoms with Crippen LogP contribution in [0.2, 0.25) is 0 Å². The average molecular weight is 276 g/mol. The minimum Gasteiger partial charge on any atom is -0.207 e. The van der Waals surface area contributed by atoms with Crippen LogP contribution >= 0.6 is 0 Å². The van der Waals surface area contributed by atoms with Crippen LogP contribution in [0.15, 0.2) is 24.3 Å². The fraction of sp³-hybridized carbons (Fsp3) is 0.412. The highest BCUT2D eigenvalue weighted by Crippen LogP contribution is 2.26. The van der Waals surface area contributed by atoms with Crippen molar-refractivity contribution in [3.8, 4) is 11.1 Å². The normalized spacial score (nSPS) is 9.00. The summed E-state index contributed by atoms with van der Waals surface area (Å²) in [4.78, 5) is 0. The molecule has 0 unspecified atom stereocenters. The molecule has 0 bridgehead atoms. The van der Waals surface area contributed by atoms with Gasteiger partial charge in [0.15, 0.2) is 0 Å². The number of benzene rings is 1. The van der Waals surface area contributed by atoms with Gasteiger partial charge in [0.05, 0.1) is 11.4 Å². The van der Waals surface area contributed by atoms with Crippen LogP contribution in [0, 0.1) is 26.6 Å². The van der Waals surface area contributed by atoms with Gasteiger partial charge in [-0.15, -0.1) is 0 Å². The van der Waals surface area contributed by atoms with E-state index in [-0.39, 0.29) is 5.82 Å². The first-order chi connectivity index (χ1) is 9.58. The Bertz CT molecular complexity index is 487. The van der Waals surface area contributed by atoms with Gasteiger partial charge in [-0.3, -0.25) is 0 Å². The number of rotatable bonds is 1. The van der Waals surface area contributed by atoms with Crippen LogP contribution in [-0.2, 0) is 0 Å². The van der Waals surface area contributed by atoms with E-state index in [0.717, 1.165) is 28.1 Å². The molecule has 0 N–H and O–H groups in total. The van der Waals surface area contributed by atoms with Gasteiger partial charge in [-0.1, -0.05) is 33.8 Å². The Labute approximate surface area is 122 Å². The Morgan fingerprint density at radius 1 is 0.800 bits per heavy atom. The minimum absolute atomic E-state index is 0.227. The highest BCUT2D eigenvalue weighted by Gasteiger charge is 2.08. The third kappa shape index (κ3) is 4.72. The second-order valence-corrected chi connectivity index (χ2v) is 3.94. The first-order valence-corrected chi connectivity index (χ1v) is 7.15. The third-order valence-electron chi connectivity index (χ3n) is 2.59. The van der Waals surface area contributed by atoms with Crippen molar-refractivity contribution in [1.82, 2.24) is 10.2 Å². The van der Waals surface area contributed by atoms with Gasteiger partial charge in [0.25, 0.3) is 0 Å². The molecule has 0 aliphatic carbocycles. The third-order valence-corrected chi connectivity index (χ3v) is 2.59. The van der Waals surface area contributed by atoms with E-state index in [4.69, 9.17) is 0 Å². The van der Waals surface area contributed by atoms with Crippen molar-refractivity contribution in [3.63, 3.8) is 0 Å². The second-order valence-electron chi connectivity index (χ2n) is 3.94. The average Bonchev–Trinajstić information content (AvgIpc) is 2.48. The summed E-state index contributed by atoms with van der Waals surface area (Å²) in [6, 6.07) is 6.72. The highest BCUT2D eigenvalue weighted by molar-refractivity contribution is 5.69. The number of nitrogens with zero attached hydrogens (tertiary/aromatic N) is 2. The number of hydrogen-bond donors (Lipinski definition) is 0. The molecule has 0 amide bonds. The molecule has 0 aliphatic rings. The molecule has 20 heavy (non-hydrogen) atoms. The molecule has 3 heteroatoms. The Balaban J connectivity index is 0.000000829. The van der Waals surface area contributed by atoms with Crippen molar-refractivity contribution >= 4 is 0 Å². The lowest BCUT2D eigenvalue weighted by Gasteiger charge is -2.08. The number of halogens is 1. The maximum absolute atomic E-state index is 13.2. The predicted octanol–water partition coefficient (Wildman–Crippen LogP) is 5.26. The highest BCUT2D eigenvalue weighted by atomic mass is 19.1. The molecule has 2 rings (SSSR count). The summed E-state index contributed by atoms with van der Waals surface area (Å²) < 4.78 is 13.2. The number of aryl methyl sites for hydroxylation is 3. The lowest BCUT2D eigenvalue weighted by Crippen LogP contribution is -1.95. The van der Waals surface area contributed by atoms with E-state index < -0.39 is 0 Å². The van der Waals surface area contributed by atoms with Crippen molar-refractivity contribution in [2.24, 2.45) is 0 Å². The first kappa shape index (κ1) is 18.2. The van der Waals surface area contributed by atoms with E-state index in [2.05, 4.69) is 10.2 Å². The largest absolute Gasteiger partial charge is 0.207 e. The molecule has 0 spiro atoms. The Morgan fingerprint density at radius 2 is 1.40 bits per heavy atom. The van der Waals surface area contributed by atoms with Crippen LogP contribution in [0.1, 0.15) is 44.6 Å². The lowest BCUT2D eigenvalue weighted by atomic mass is 9.99. The second kappa shape index (κ2) is 9.18. The van der Waals surface area contributed by atoms with Gasteiger partial charge in [0.1, 0.15) is 5.82 Å². The molecular weight excluding hydrogens is 251 g/mol. The molecule has 0 saturated heterocycles. The topological polar surface area (TPSA) is 25.8 Å². The zero-order valence-corrected chi connectivity index (χ0v) is 13.6. The maximum Gasteiger partial charge on any atom is 0.123 e. The van der Waals surface area contributed by atoms with Gasteiger partial charge in [-0.2, -0.15) is 10.2 Å². The fourth-order valence-electron chi connectivity index (χ4n) is 1.71. The van der Waals surface area contributed by atoms with Crippen molar-refractivity contribution in [2.45, 2.75) is 48.5 Å². The summed E-state index contributed by atoms with van der Waals surface area (Å²) in [7, 11) is 0. The molecule has 0 atom stereocenters. The first-order valence-electron chi connectivity index (χ1n) is 7.15. The van der Waals surface area contributed by atoms with Crippen LogP contribution in [0.3, 0.4) is 0 Å². The Morgan fingerprint density at radius 3 is 2.00 bits per heavy atom. The van der Waals surface area contributed by atoms with Gasteiger partial charge in [-0.25, -0.2) is 4.39 Å². The van der Waals surface area contributed by atoms with Crippen molar-refractivity contribution in [3.05, 3.63) is 47.0 Å². The van der Waals surface area contributed by atoms with E-state index >= 15 is 0 Å². The van der Waals surface area contributed by atoms with E-state index in [1.165, 1.54) is 6.07 Å². The van der Waals surface area contributed by atoms with Gasteiger partial charge >= 0.3 is 0 Å². The summed E-state index contributed by atoms with van der Waals surface area (Å²) in [6.07, 6.45) is 0. The number of aromatic nitrogens is 2. The van der Waals surface area contributed by atoms with Crippen molar-refractivity contribution in [2.75, 3.05) is 0 Å². The van der Waals surface area contributed by atoms with E-state index in [1.54, 1.807) is 12.1 Å². The van der Waals surface area contributed by atoms with Gasteiger partial charge in [-0.05, 0) is 50.1 Å². The zero-order chi connectivity index (χ0) is 15.7. The molecule has 110 valence electrons. The molecule has 0 saturated carbocycles. The fourth-order valence-corrected chi connectivity index (χ4v) is 1.71. The molecule has 2 nitrogen and oxygen atoms in total. The maximum atomic E-state index is 13.2.